The number of rotatable bonds is 2. The lowest BCUT2D eigenvalue weighted by atomic mass is 9.99. The molecule has 0 aliphatic carbocycles. The highest BCUT2D eigenvalue weighted by atomic mass is 32.1. The molecule has 0 spiro atoms. The Morgan fingerprint density at radius 1 is 1.58 bits per heavy atom. The number of aliphatic hydroxyl groups excluding tert-OH is 1. The molecule has 0 saturated carbocycles. The molecule has 2 atom stereocenters. The monoisotopic (exact) mass is 184 g/mol. The summed E-state index contributed by atoms with van der Waals surface area (Å²) in [6, 6.07) is 2.11. The zero-order valence-electron chi connectivity index (χ0n) is 6.77. The molecule has 0 unspecified atom stereocenters. The van der Waals surface area contributed by atoms with Crippen molar-refractivity contribution in [3.63, 3.8) is 0 Å². The van der Waals surface area contributed by atoms with Crippen molar-refractivity contribution >= 4 is 11.3 Å². The summed E-state index contributed by atoms with van der Waals surface area (Å²) in [4.78, 5) is 0. The molecule has 0 radical (unpaired) electrons. The third kappa shape index (κ3) is 1.68. The van der Waals surface area contributed by atoms with E-state index in [0.717, 1.165) is 6.42 Å². The van der Waals surface area contributed by atoms with Gasteiger partial charge in [0.25, 0.3) is 0 Å². The van der Waals surface area contributed by atoms with Crippen LogP contribution in [0.15, 0.2) is 16.8 Å². The smallest absolute Gasteiger partial charge is 0.0826 e. The standard InChI is InChI=1S/C9H12O2S/c10-9-5-11-4-8(9)3-7-1-2-12-6-7/h1-2,6,8-10H,3-5H2/t8-,9-/m1/s1. The van der Waals surface area contributed by atoms with Crippen molar-refractivity contribution in [2.24, 2.45) is 5.92 Å². The summed E-state index contributed by atoms with van der Waals surface area (Å²) < 4.78 is 5.17. The Hall–Kier alpha value is -0.380. The van der Waals surface area contributed by atoms with E-state index in [2.05, 4.69) is 16.8 Å². The van der Waals surface area contributed by atoms with E-state index in [1.165, 1.54) is 5.56 Å². The SMILES string of the molecule is O[C@@H]1COC[C@H]1Cc1ccsc1. The van der Waals surface area contributed by atoms with Crippen LogP contribution in [0.5, 0.6) is 0 Å². The third-order valence-corrected chi connectivity index (χ3v) is 2.97. The molecule has 1 aromatic rings. The van der Waals surface area contributed by atoms with Crippen LogP contribution in [0, 0.1) is 5.92 Å². The van der Waals surface area contributed by atoms with Crippen molar-refractivity contribution in [1.29, 1.82) is 0 Å². The molecule has 0 amide bonds. The zero-order chi connectivity index (χ0) is 8.39. The molecular weight excluding hydrogens is 172 g/mol. The predicted molar refractivity (Wildman–Crippen MR) is 48.3 cm³/mol. The van der Waals surface area contributed by atoms with Crippen LogP contribution < -0.4 is 0 Å². The van der Waals surface area contributed by atoms with E-state index >= 15 is 0 Å². The Balaban J connectivity index is 1.95. The first-order valence-electron chi connectivity index (χ1n) is 4.13. The van der Waals surface area contributed by atoms with Gasteiger partial charge in [0.1, 0.15) is 0 Å². The summed E-state index contributed by atoms with van der Waals surface area (Å²) in [5.41, 5.74) is 1.31. The van der Waals surface area contributed by atoms with Gasteiger partial charge in [-0.15, -0.1) is 0 Å². The Kier molecular flexibility index (Phi) is 2.44. The molecule has 12 heavy (non-hydrogen) atoms. The molecule has 2 rings (SSSR count). The number of thiophene rings is 1. The summed E-state index contributed by atoms with van der Waals surface area (Å²) in [7, 11) is 0. The molecule has 1 saturated heterocycles. The molecule has 66 valence electrons. The van der Waals surface area contributed by atoms with Gasteiger partial charge in [-0.2, -0.15) is 11.3 Å². The van der Waals surface area contributed by atoms with Crippen LogP contribution in [0.1, 0.15) is 5.56 Å². The molecule has 3 heteroatoms. The van der Waals surface area contributed by atoms with E-state index in [1.54, 1.807) is 11.3 Å². The van der Waals surface area contributed by atoms with E-state index in [4.69, 9.17) is 4.74 Å². The normalized spacial score (nSPS) is 29.4. The van der Waals surface area contributed by atoms with Crippen molar-refractivity contribution in [3.8, 4) is 0 Å². The highest BCUT2D eigenvalue weighted by Gasteiger charge is 2.25. The van der Waals surface area contributed by atoms with E-state index in [0.29, 0.717) is 19.1 Å². The van der Waals surface area contributed by atoms with Crippen LogP contribution in [-0.2, 0) is 11.2 Å². The van der Waals surface area contributed by atoms with Gasteiger partial charge < -0.3 is 9.84 Å². The van der Waals surface area contributed by atoms with Crippen LogP contribution in [0.25, 0.3) is 0 Å². The summed E-state index contributed by atoms with van der Waals surface area (Å²) >= 11 is 1.70. The van der Waals surface area contributed by atoms with Gasteiger partial charge in [-0.05, 0) is 28.8 Å². The number of ether oxygens (including phenoxy) is 1. The Morgan fingerprint density at radius 3 is 3.08 bits per heavy atom. The fourth-order valence-corrected chi connectivity index (χ4v) is 2.18. The third-order valence-electron chi connectivity index (χ3n) is 2.24. The minimum absolute atomic E-state index is 0.259. The Labute approximate surface area is 75.8 Å². The van der Waals surface area contributed by atoms with Crippen molar-refractivity contribution in [1.82, 2.24) is 0 Å². The molecule has 0 aromatic carbocycles. The Morgan fingerprint density at radius 2 is 2.50 bits per heavy atom. The van der Waals surface area contributed by atoms with E-state index in [9.17, 15) is 5.11 Å². The molecule has 1 aliphatic heterocycles. The predicted octanol–water partition coefficient (Wildman–Crippen LogP) is 1.30. The molecule has 2 heterocycles. The van der Waals surface area contributed by atoms with Crippen LogP contribution in [0.4, 0.5) is 0 Å². The average Bonchev–Trinajstić information content (AvgIpc) is 2.65. The van der Waals surface area contributed by atoms with Gasteiger partial charge in [0.15, 0.2) is 0 Å². The molecule has 1 N–H and O–H groups in total. The lowest BCUT2D eigenvalue weighted by Crippen LogP contribution is -2.19. The van der Waals surface area contributed by atoms with Gasteiger partial charge in [0.2, 0.25) is 0 Å². The highest BCUT2D eigenvalue weighted by molar-refractivity contribution is 7.07. The lowest BCUT2D eigenvalue weighted by Gasteiger charge is -2.09. The topological polar surface area (TPSA) is 29.5 Å². The van der Waals surface area contributed by atoms with Gasteiger partial charge in [0, 0.05) is 5.92 Å². The van der Waals surface area contributed by atoms with Gasteiger partial charge in [-0.1, -0.05) is 0 Å². The highest BCUT2D eigenvalue weighted by Crippen LogP contribution is 2.20. The van der Waals surface area contributed by atoms with E-state index in [1.807, 2.05) is 0 Å². The minimum atomic E-state index is -0.259. The first-order valence-corrected chi connectivity index (χ1v) is 5.07. The number of hydrogen-bond acceptors (Lipinski definition) is 3. The van der Waals surface area contributed by atoms with Crippen molar-refractivity contribution < 1.29 is 9.84 Å². The largest absolute Gasteiger partial charge is 0.390 e. The van der Waals surface area contributed by atoms with Crippen molar-refractivity contribution in [2.75, 3.05) is 13.2 Å². The fourth-order valence-electron chi connectivity index (χ4n) is 1.49. The minimum Gasteiger partial charge on any atom is -0.390 e. The Bertz CT molecular complexity index is 233. The number of hydrogen-bond donors (Lipinski definition) is 1. The first kappa shape index (κ1) is 8.23. The van der Waals surface area contributed by atoms with Crippen LogP contribution in [0.2, 0.25) is 0 Å². The van der Waals surface area contributed by atoms with Crippen LogP contribution in [0.3, 0.4) is 0 Å². The second kappa shape index (κ2) is 3.56. The molecular formula is C9H12O2S. The summed E-state index contributed by atoms with van der Waals surface area (Å²) in [6.07, 6.45) is 0.690. The maximum Gasteiger partial charge on any atom is 0.0826 e. The maximum absolute atomic E-state index is 9.47. The molecule has 0 bridgehead atoms. The summed E-state index contributed by atoms with van der Waals surface area (Å²) in [5, 5.41) is 13.7. The van der Waals surface area contributed by atoms with Gasteiger partial charge in [-0.25, -0.2) is 0 Å². The summed E-state index contributed by atoms with van der Waals surface area (Å²) in [5.74, 6) is 0.305. The molecule has 1 fully saturated rings. The van der Waals surface area contributed by atoms with Crippen LogP contribution >= 0.6 is 11.3 Å². The molecule has 2 nitrogen and oxygen atoms in total. The van der Waals surface area contributed by atoms with Gasteiger partial charge >= 0.3 is 0 Å². The number of aliphatic hydroxyl groups is 1. The van der Waals surface area contributed by atoms with E-state index in [-0.39, 0.29) is 6.10 Å². The average molecular weight is 184 g/mol. The molecule has 1 aromatic heterocycles. The summed E-state index contributed by atoms with van der Waals surface area (Å²) in [6.45, 7) is 1.21. The van der Waals surface area contributed by atoms with Crippen molar-refractivity contribution in [2.45, 2.75) is 12.5 Å². The fraction of sp³-hybridized carbons (Fsp3) is 0.556. The van der Waals surface area contributed by atoms with Crippen molar-refractivity contribution in [3.05, 3.63) is 22.4 Å². The maximum atomic E-state index is 9.47. The zero-order valence-corrected chi connectivity index (χ0v) is 7.59. The second-order valence-corrected chi connectivity index (χ2v) is 3.98. The van der Waals surface area contributed by atoms with E-state index < -0.39 is 0 Å². The van der Waals surface area contributed by atoms with Gasteiger partial charge in [-0.3, -0.25) is 0 Å². The van der Waals surface area contributed by atoms with Gasteiger partial charge in [0.05, 0.1) is 19.3 Å². The lowest BCUT2D eigenvalue weighted by molar-refractivity contribution is 0.118. The second-order valence-electron chi connectivity index (χ2n) is 3.20. The quantitative estimate of drug-likeness (QED) is 0.750. The van der Waals surface area contributed by atoms with Crippen LogP contribution in [-0.4, -0.2) is 24.4 Å². The first-order chi connectivity index (χ1) is 5.86. The molecule has 1 aliphatic rings.